The molecule has 0 radical (unpaired) electrons. The number of amides is 4. The molecule has 0 unspecified atom stereocenters. The second-order valence-electron chi connectivity index (χ2n) is 7.98. The van der Waals surface area contributed by atoms with Gasteiger partial charge in [0.2, 0.25) is 11.8 Å². The molecule has 9 heteroatoms. The number of unbranched alkanes of at least 4 members (excludes halogenated alkanes) is 1. The number of rotatable bonds is 9. The van der Waals surface area contributed by atoms with Crippen LogP contribution in [-0.2, 0) is 9.59 Å². The van der Waals surface area contributed by atoms with Crippen LogP contribution in [0, 0.1) is 0 Å². The van der Waals surface area contributed by atoms with E-state index in [0.717, 1.165) is 24.9 Å². The van der Waals surface area contributed by atoms with E-state index in [1.165, 1.54) is 0 Å². The number of nitrogens with zero attached hydrogens (tertiary/aromatic N) is 1. The second-order valence-corrected chi connectivity index (χ2v) is 8.42. The van der Waals surface area contributed by atoms with Crippen molar-refractivity contribution in [1.29, 1.82) is 0 Å². The van der Waals surface area contributed by atoms with Crippen LogP contribution in [0.3, 0.4) is 0 Å². The lowest BCUT2D eigenvalue weighted by molar-refractivity contribution is -0.119. The zero-order valence-electron chi connectivity index (χ0n) is 18.5. The minimum Gasteiger partial charge on any atom is -0.330 e. The van der Waals surface area contributed by atoms with Crippen LogP contribution in [-0.4, -0.2) is 37.0 Å². The van der Waals surface area contributed by atoms with E-state index in [0.29, 0.717) is 48.7 Å². The predicted octanol–water partition coefficient (Wildman–Crippen LogP) is 4.11. The van der Waals surface area contributed by atoms with Gasteiger partial charge in [-0.1, -0.05) is 11.6 Å². The molecule has 3 rings (SSSR count). The number of carbonyl (C=O) groups is 3. The topological polar surface area (TPSA) is 117 Å². The van der Waals surface area contributed by atoms with Crippen molar-refractivity contribution in [3.05, 3.63) is 53.6 Å². The molecule has 1 aliphatic rings. The molecule has 0 saturated carbocycles. The number of nitrogens with two attached hydrogens (primary N) is 1. The number of nitrogens with one attached hydrogen (secondary N) is 3. The molecule has 5 N–H and O–H groups in total. The number of carbonyl (C=O) groups excluding carboxylic acids is 3. The first kappa shape index (κ1) is 24.5. The van der Waals surface area contributed by atoms with Crippen molar-refractivity contribution in [2.45, 2.75) is 44.6 Å². The fourth-order valence-corrected chi connectivity index (χ4v) is 3.78. The quantitative estimate of drug-likeness (QED) is 0.411. The fourth-order valence-electron chi connectivity index (χ4n) is 3.65. The van der Waals surface area contributed by atoms with Crippen molar-refractivity contribution in [2.24, 2.45) is 5.73 Å². The first-order valence-electron chi connectivity index (χ1n) is 11.2. The Morgan fingerprint density at radius 2 is 1.64 bits per heavy atom. The van der Waals surface area contributed by atoms with Crippen molar-refractivity contribution in [1.82, 2.24) is 5.32 Å². The van der Waals surface area contributed by atoms with Gasteiger partial charge in [-0.25, -0.2) is 4.79 Å². The summed E-state index contributed by atoms with van der Waals surface area (Å²) in [5.74, 6) is -0.200. The van der Waals surface area contributed by atoms with Gasteiger partial charge in [0.15, 0.2) is 0 Å². The van der Waals surface area contributed by atoms with Gasteiger partial charge in [0.1, 0.15) is 6.04 Å². The van der Waals surface area contributed by atoms with Crippen molar-refractivity contribution in [3.8, 4) is 0 Å². The number of halogens is 1. The third kappa shape index (κ3) is 7.47. The van der Waals surface area contributed by atoms with Crippen LogP contribution < -0.4 is 26.6 Å². The summed E-state index contributed by atoms with van der Waals surface area (Å²) in [6, 6.07) is 12.7. The Kier molecular flexibility index (Phi) is 9.09. The Hall–Kier alpha value is -3.10. The maximum Gasteiger partial charge on any atom is 0.319 e. The van der Waals surface area contributed by atoms with Crippen molar-refractivity contribution < 1.29 is 14.4 Å². The van der Waals surface area contributed by atoms with Crippen LogP contribution in [0.4, 0.5) is 21.9 Å². The summed E-state index contributed by atoms with van der Waals surface area (Å²) in [7, 11) is 0. The molecule has 1 heterocycles. The highest BCUT2D eigenvalue weighted by atomic mass is 35.5. The smallest absolute Gasteiger partial charge is 0.319 e. The van der Waals surface area contributed by atoms with Crippen LogP contribution in [0.25, 0.3) is 0 Å². The largest absolute Gasteiger partial charge is 0.330 e. The van der Waals surface area contributed by atoms with E-state index < -0.39 is 12.1 Å². The summed E-state index contributed by atoms with van der Waals surface area (Å²) in [5.41, 5.74) is 7.56. The molecule has 0 aliphatic carbocycles. The van der Waals surface area contributed by atoms with Gasteiger partial charge in [-0.05, 0) is 87.2 Å². The number of hydrogen-bond acceptors (Lipinski definition) is 4. The molecule has 1 atom stereocenters. The monoisotopic (exact) mass is 471 g/mol. The van der Waals surface area contributed by atoms with Crippen LogP contribution >= 0.6 is 11.6 Å². The highest BCUT2D eigenvalue weighted by Crippen LogP contribution is 2.23. The number of anilines is 3. The zero-order chi connectivity index (χ0) is 23.6. The standard InChI is InChI=1S/C24H30ClN5O3/c25-17-7-9-19(10-8-17)28-24(33)29-21(5-1-3-15-26)23(32)27-18-11-13-20(14-12-18)30-16-4-2-6-22(30)31/h7-14,21H,1-6,15-16,26H2,(H,27,32)(H2,28,29,33)/t21-/m0/s1. The predicted molar refractivity (Wildman–Crippen MR) is 132 cm³/mol. The number of piperidine rings is 1. The van der Waals surface area contributed by atoms with Gasteiger partial charge < -0.3 is 26.6 Å². The van der Waals surface area contributed by atoms with Gasteiger partial charge in [0, 0.05) is 35.1 Å². The molecule has 1 aliphatic heterocycles. The molecule has 2 aromatic carbocycles. The molecule has 0 spiro atoms. The minimum absolute atomic E-state index is 0.119. The molecule has 0 bridgehead atoms. The summed E-state index contributed by atoms with van der Waals surface area (Å²) >= 11 is 5.87. The van der Waals surface area contributed by atoms with Gasteiger partial charge in [0.05, 0.1) is 0 Å². The lowest BCUT2D eigenvalue weighted by atomic mass is 10.1. The molecular weight excluding hydrogens is 442 g/mol. The van der Waals surface area contributed by atoms with E-state index in [1.54, 1.807) is 41.3 Å². The zero-order valence-corrected chi connectivity index (χ0v) is 19.2. The average molecular weight is 472 g/mol. The molecular formula is C24H30ClN5O3. The van der Waals surface area contributed by atoms with E-state index in [1.807, 2.05) is 12.1 Å². The maximum atomic E-state index is 12.9. The van der Waals surface area contributed by atoms with E-state index in [9.17, 15) is 14.4 Å². The SMILES string of the molecule is NCCCC[C@H](NC(=O)Nc1ccc(Cl)cc1)C(=O)Nc1ccc(N2CCCCC2=O)cc1. The Morgan fingerprint density at radius 3 is 2.30 bits per heavy atom. The fraction of sp³-hybridized carbons (Fsp3) is 0.375. The summed E-state index contributed by atoms with van der Waals surface area (Å²) in [5, 5.41) is 8.86. The highest BCUT2D eigenvalue weighted by molar-refractivity contribution is 6.30. The second kappa shape index (κ2) is 12.2. The average Bonchev–Trinajstić information content (AvgIpc) is 2.81. The lowest BCUT2D eigenvalue weighted by Crippen LogP contribution is -2.45. The van der Waals surface area contributed by atoms with Crippen LogP contribution in [0.2, 0.25) is 5.02 Å². The molecule has 1 fully saturated rings. The third-order valence-corrected chi connectivity index (χ3v) is 5.69. The molecule has 4 amide bonds. The van der Waals surface area contributed by atoms with Gasteiger partial charge in [-0.15, -0.1) is 0 Å². The Labute approximate surface area is 198 Å². The molecule has 0 aromatic heterocycles. The van der Waals surface area contributed by atoms with Crippen LogP contribution in [0.15, 0.2) is 48.5 Å². The van der Waals surface area contributed by atoms with E-state index in [-0.39, 0.29) is 11.8 Å². The first-order valence-corrected chi connectivity index (χ1v) is 11.6. The van der Waals surface area contributed by atoms with E-state index in [4.69, 9.17) is 17.3 Å². The molecule has 8 nitrogen and oxygen atoms in total. The van der Waals surface area contributed by atoms with Crippen molar-refractivity contribution >= 4 is 46.5 Å². The Balaban J connectivity index is 1.61. The molecule has 1 saturated heterocycles. The lowest BCUT2D eigenvalue weighted by Gasteiger charge is -2.27. The molecule has 176 valence electrons. The van der Waals surface area contributed by atoms with Crippen molar-refractivity contribution in [3.63, 3.8) is 0 Å². The van der Waals surface area contributed by atoms with E-state index in [2.05, 4.69) is 16.0 Å². The van der Waals surface area contributed by atoms with Gasteiger partial charge in [-0.2, -0.15) is 0 Å². The van der Waals surface area contributed by atoms with E-state index >= 15 is 0 Å². The first-order chi connectivity index (χ1) is 16.0. The Bertz CT molecular complexity index is 950. The summed E-state index contributed by atoms with van der Waals surface area (Å²) < 4.78 is 0. The summed E-state index contributed by atoms with van der Waals surface area (Å²) in [4.78, 5) is 39.2. The van der Waals surface area contributed by atoms with Crippen LogP contribution in [0.1, 0.15) is 38.5 Å². The minimum atomic E-state index is -0.729. The maximum absolute atomic E-state index is 12.9. The van der Waals surface area contributed by atoms with Crippen molar-refractivity contribution in [2.75, 3.05) is 28.6 Å². The highest BCUT2D eigenvalue weighted by Gasteiger charge is 2.22. The van der Waals surface area contributed by atoms with Crippen LogP contribution in [0.5, 0.6) is 0 Å². The number of urea groups is 1. The third-order valence-electron chi connectivity index (χ3n) is 5.44. The molecule has 2 aromatic rings. The Morgan fingerprint density at radius 1 is 0.970 bits per heavy atom. The van der Waals surface area contributed by atoms with Gasteiger partial charge in [0.25, 0.3) is 0 Å². The number of benzene rings is 2. The number of hydrogen-bond donors (Lipinski definition) is 4. The summed E-state index contributed by atoms with van der Waals surface area (Å²) in [6.45, 7) is 1.22. The summed E-state index contributed by atoms with van der Waals surface area (Å²) in [6.07, 6.45) is 4.38. The molecule has 33 heavy (non-hydrogen) atoms. The van der Waals surface area contributed by atoms with Gasteiger partial charge in [-0.3, -0.25) is 9.59 Å². The normalized spacial score (nSPS) is 14.5. The van der Waals surface area contributed by atoms with Gasteiger partial charge >= 0.3 is 6.03 Å².